The third-order valence-corrected chi connectivity index (χ3v) is 2.61. The van der Waals surface area contributed by atoms with E-state index < -0.39 is 5.97 Å². The van der Waals surface area contributed by atoms with Gasteiger partial charge in [-0.15, -0.1) is 0 Å². The summed E-state index contributed by atoms with van der Waals surface area (Å²) < 4.78 is 1.51. The number of carboxylic acids is 1. The summed E-state index contributed by atoms with van der Waals surface area (Å²) in [6.45, 7) is 1.87. The summed E-state index contributed by atoms with van der Waals surface area (Å²) >= 11 is 5.94. The fourth-order valence-corrected chi connectivity index (χ4v) is 1.66. The van der Waals surface area contributed by atoms with Crippen molar-refractivity contribution in [3.63, 3.8) is 0 Å². The molecular formula is C10H8ClNO2. The van der Waals surface area contributed by atoms with Crippen LogP contribution in [0.15, 0.2) is 24.3 Å². The molecule has 1 aromatic carbocycles. The van der Waals surface area contributed by atoms with E-state index >= 15 is 0 Å². The van der Waals surface area contributed by atoms with E-state index in [4.69, 9.17) is 16.9 Å². The predicted molar refractivity (Wildman–Crippen MR) is 54.9 cm³/mol. The maximum Gasteiger partial charge on any atom is 0.335 e. The van der Waals surface area contributed by atoms with Gasteiger partial charge in [-0.1, -0.05) is 0 Å². The normalized spacial score (nSPS) is 10.7. The van der Waals surface area contributed by atoms with Crippen LogP contribution < -0.4 is 0 Å². The molecule has 0 aliphatic rings. The molecule has 4 heteroatoms. The summed E-state index contributed by atoms with van der Waals surface area (Å²) in [7, 11) is 0. The summed E-state index contributed by atoms with van der Waals surface area (Å²) in [6, 6.07) is 6.72. The Morgan fingerprint density at radius 3 is 2.79 bits per heavy atom. The van der Waals surface area contributed by atoms with Crippen LogP contribution >= 0.6 is 11.8 Å². The van der Waals surface area contributed by atoms with Gasteiger partial charge >= 0.3 is 5.97 Å². The number of aryl methyl sites for hydroxylation is 1. The van der Waals surface area contributed by atoms with Gasteiger partial charge < -0.3 is 5.11 Å². The summed E-state index contributed by atoms with van der Waals surface area (Å²) in [5, 5.41) is 9.63. The smallest absolute Gasteiger partial charge is 0.335 e. The van der Waals surface area contributed by atoms with E-state index in [0.29, 0.717) is 0 Å². The highest BCUT2D eigenvalue weighted by atomic mass is 35.5. The molecule has 0 spiro atoms. The molecule has 0 atom stereocenters. The monoisotopic (exact) mass is 209 g/mol. The van der Waals surface area contributed by atoms with Crippen LogP contribution in [0.1, 0.15) is 16.1 Å². The van der Waals surface area contributed by atoms with E-state index in [1.807, 2.05) is 13.0 Å². The third kappa shape index (κ3) is 1.26. The maximum absolute atomic E-state index is 10.7. The van der Waals surface area contributed by atoms with Crippen molar-refractivity contribution in [2.24, 2.45) is 0 Å². The number of carboxylic acid groups (broad SMARTS) is 1. The molecule has 0 bridgehead atoms. The van der Waals surface area contributed by atoms with E-state index in [-0.39, 0.29) is 5.56 Å². The molecule has 72 valence electrons. The minimum atomic E-state index is -0.924. The Morgan fingerprint density at radius 2 is 2.14 bits per heavy atom. The Bertz CT molecular complexity index is 516. The first-order chi connectivity index (χ1) is 6.59. The van der Waals surface area contributed by atoms with E-state index in [9.17, 15) is 4.79 Å². The number of hydrogen-bond donors (Lipinski definition) is 1. The molecule has 14 heavy (non-hydrogen) atoms. The Kier molecular flexibility index (Phi) is 1.97. The molecule has 0 aliphatic heterocycles. The van der Waals surface area contributed by atoms with Gasteiger partial charge in [-0.3, -0.25) is 4.09 Å². The number of halogens is 1. The lowest BCUT2D eigenvalue weighted by molar-refractivity contribution is 0.0697. The first-order valence-corrected chi connectivity index (χ1v) is 4.45. The average molecular weight is 210 g/mol. The number of carbonyl (C=O) groups is 1. The largest absolute Gasteiger partial charge is 0.478 e. The molecule has 1 N–H and O–H groups in total. The number of nitrogens with zero attached hydrogens (tertiary/aromatic N) is 1. The molecule has 0 aliphatic carbocycles. The molecule has 1 aromatic heterocycles. The van der Waals surface area contributed by atoms with E-state index in [1.54, 1.807) is 18.2 Å². The Balaban J connectivity index is 2.73. The van der Waals surface area contributed by atoms with E-state index in [1.165, 1.54) is 4.09 Å². The van der Waals surface area contributed by atoms with Gasteiger partial charge in [-0.25, -0.2) is 4.79 Å². The Labute approximate surface area is 85.6 Å². The molecule has 0 radical (unpaired) electrons. The molecule has 0 saturated carbocycles. The van der Waals surface area contributed by atoms with Crippen LogP contribution in [-0.2, 0) is 0 Å². The van der Waals surface area contributed by atoms with Crippen LogP contribution in [0.2, 0.25) is 0 Å². The zero-order chi connectivity index (χ0) is 10.3. The minimum Gasteiger partial charge on any atom is -0.478 e. The number of aromatic nitrogens is 1. The van der Waals surface area contributed by atoms with Crippen molar-refractivity contribution in [3.8, 4) is 0 Å². The van der Waals surface area contributed by atoms with Crippen LogP contribution in [0.5, 0.6) is 0 Å². The van der Waals surface area contributed by atoms with Crippen LogP contribution in [0, 0.1) is 6.92 Å². The summed E-state index contributed by atoms with van der Waals surface area (Å²) in [6.07, 6.45) is 0. The van der Waals surface area contributed by atoms with Crippen molar-refractivity contribution in [1.29, 1.82) is 0 Å². The molecule has 3 nitrogen and oxygen atoms in total. The summed E-state index contributed by atoms with van der Waals surface area (Å²) in [4.78, 5) is 10.7. The highest BCUT2D eigenvalue weighted by molar-refractivity contribution is 6.19. The van der Waals surface area contributed by atoms with Crippen molar-refractivity contribution in [2.45, 2.75) is 6.92 Å². The zero-order valence-corrected chi connectivity index (χ0v) is 8.25. The van der Waals surface area contributed by atoms with Gasteiger partial charge in [0.2, 0.25) is 0 Å². The number of aromatic carboxylic acids is 1. The number of hydrogen-bond acceptors (Lipinski definition) is 1. The third-order valence-electron chi connectivity index (χ3n) is 2.16. The molecular weight excluding hydrogens is 202 g/mol. The quantitative estimate of drug-likeness (QED) is 0.785. The van der Waals surface area contributed by atoms with Gasteiger partial charge in [0.05, 0.1) is 11.1 Å². The first kappa shape index (κ1) is 9.09. The standard InChI is InChI=1S/C10H8ClNO2/c1-6-4-8-5-7(10(13)14)2-3-9(8)12(6)11/h2-5H,1H3,(H,13,14). The minimum absolute atomic E-state index is 0.278. The van der Waals surface area contributed by atoms with Gasteiger partial charge in [0.15, 0.2) is 0 Å². The lowest BCUT2D eigenvalue weighted by Crippen LogP contribution is -1.94. The van der Waals surface area contributed by atoms with Crippen molar-refractivity contribution >= 4 is 28.6 Å². The van der Waals surface area contributed by atoms with Gasteiger partial charge in [-0.2, -0.15) is 0 Å². The average Bonchev–Trinajstić information content (AvgIpc) is 2.42. The predicted octanol–water partition coefficient (Wildman–Crippen LogP) is 2.65. The Hall–Kier alpha value is -1.48. The van der Waals surface area contributed by atoms with E-state index in [0.717, 1.165) is 16.6 Å². The van der Waals surface area contributed by atoms with Crippen LogP contribution in [0.25, 0.3) is 10.9 Å². The molecule has 0 saturated heterocycles. The summed E-state index contributed by atoms with van der Waals surface area (Å²) in [5.41, 5.74) is 2.00. The second kappa shape index (κ2) is 3.03. The van der Waals surface area contributed by atoms with Gasteiger partial charge in [0.1, 0.15) is 0 Å². The molecule has 2 aromatic rings. The second-order valence-electron chi connectivity index (χ2n) is 3.15. The van der Waals surface area contributed by atoms with Crippen molar-refractivity contribution in [2.75, 3.05) is 0 Å². The van der Waals surface area contributed by atoms with Crippen molar-refractivity contribution in [1.82, 2.24) is 4.09 Å². The first-order valence-electron chi connectivity index (χ1n) is 4.11. The highest BCUT2D eigenvalue weighted by Gasteiger charge is 2.07. The molecule has 0 fully saturated rings. The number of benzene rings is 1. The lowest BCUT2D eigenvalue weighted by atomic mass is 10.1. The number of fused-ring (bicyclic) bond motifs is 1. The van der Waals surface area contributed by atoms with Gasteiger partial charge in [0, 0.05) is 22.9 Å². The molecule has 1 heterocycles. The number of rotatable bonds is 1. The highest BCUT2D eigenvalue weighted by Crippen LogP contribution is 2.21. The molecule has 2 rings (SSSR count). The molecule has 0 unspecified atom stereocenters. The SMILES string of the molecule is Cc1cc2cc(C(=O)O)ccc2n1Cl. The van der Waals surface area contributed by atoms with Crippen LogP contribution in [-0.4, -0.2) is 15.2 Å². The molecule has 0 amide bonds. The van der Waals surface area contributed by atoms with Gasteiger partial charge in [0.25, 0.3) is 0 Å². The van der Waals surface area contributed by atoms with E-state index in [2.05, 4.69) is 0 Å². The fourth-order valence-electron chi connectivity index (χ4n) is 1.45. The van der Waals surface area contributed by atoms with Crippen LogP contribution in [0.3, 0.4) is 0 Å². The van der Waals surface area contributed by atoms with Crippen molar-refractivity contribution < 1.29 is 9.90 Å². The Morgan fingerprint density at radius 1 is 1.43 bits per heavy atom. The second-order valence-corrected chi connectivity index (χ2v) is 3.48. The summed E-state index contributed by atoms with van der Waals surface area (Å²) in [5.74, 6) is -0.924. The van der Waals surface area contributed by atoms with Crippen LogP contribution in [0.4, 0.5) is 0 Å². The lowest BCUT2D eigenvalue weighted by Gasteiger charge is -1.96. The topological polar surface area (TPSA) is 42.2 Å². The fraction of sp³-hybridized carbons (Fsp3) is 0.100. The maximum atomic E-state index is 10.7. The van der Waals surface area contributed by atoms with Crippen molar-refractivity contribution in [3.05, 3.63) is 35.5 Å². The van der Waals surface area contributed by atoms with Gasteiger partial charge in [-0.05, 0) is 31.2 Å². The zero-order valence-electron chi connectivity index (χ0n) is 7.49.